The predicted molar refractivity (Wildman–Crippen MR) is 72.9 cm³/mol. The van der Waals surface area contributed by atoms with Gasteiger partial charge in [-0.2, -0.15) is 0 Å². The van der Waals surface area contributed by atoms with E-state index in [1.54, 1.807) is 0 Å². The summed E-state index contributed by atoms with van der Waals surface area (Å²) in [6.45, 7) is 2.18. The maximum absolute atomic E-state index is 6.06. The average Bonchev–Trinajstić information content (AvgIpc) is 2.37. The minimum Gasteiger partial charge on any atom is -0.370 e. The van der Waals surface area contributed by atoms with Gasteiger partial charge in [0.2, 0.25) is 0 Å². The van der Waals surface area contributed by atoms with Gasteiger partial charge < -0.3 is 11.1 Å². The Morgan fingerprint density at radius 3 is 3.06 bits per heavy atom. The third kappa shape index (κ3) is 2.94. The molecule has 0 aliphatic carbocycles. The Labute approximate surface area is 102 Å². The van der Waals surface area contributed by atoms with Gasteiger partial charge in [-0.15, -0.1) is 0 Å². The standard InChI is InChI=1S/C14H19N3/c1-2-3-7-14(15)17-13-6-4-5-11-10-16-9-8-12(11)13/h4-6,8-10,14,17H,2-3,7,15H2,1H3. The Balaban J connectivity index is 2.18. The van der Waals surface area contributed by atoms with Crippen molar-refractivity contribution in [2.24, 2.45) is 5.73 Å². The monoisotopic (exact) mass is 229 g/mol. The Morgan fingerprint density at radius 2 is 2.24 bits per heavy atom. The van der Waals surface area contributed by atoms with Gasteiger partial charge in [-0.05, 0) is 18.6 Å². The molecule has 0 saturated heterocycles. The van der Waals surface area contributed by atoms with E-state index in [0.29, 0.717) is 0 Å². The second-order valence-corrected chi connectivity index (χ2v) is 4.30. The quantitative estimate of drug-likeness (QED) is 0.774. The molecular formula is C14H19N3. The second-order valence-electron chi connectivity index (χ2n) is 4.30. The molecule has 0 fully saturated rings. The van der Waals surface area contributed by atoms with E-state index in [1.807, 2.05) is 24.5 Å². The zero-order valence-electron chi connectivity index (χ0n) is 10.2. The topological polar surface area (TPSA) is 50.9 Å². The first-order valence-electron chi connectivity index (χ1n) is 6.16. The van der Waals surface area contributed by atoms with E-state index in [0.717, 1.165) is 23.9 Å². The molecule has 3 nitrogen and oxygen atoms in total. The molecule has 0 bridgehead atoms. The summed E-state index contributed by atoms with van der Waals surface area (Å²) in [6.07, 6.45) is 7.03. The lowest BCUT2D eigenvalue weighted by molar-refractivity contribution is 0.626. The van der Waals surface area contributed by atoms with Crippen LogP contribution in [0.5, 0.6) is 0 Å². The van der Waals surface area contributed by atoms with Crippen LogP contribution in [0.15, 0.2) is 36.7 Å². The third-order valence-electron chi connectivity index (χ3n) is 2.89. The number of fused-ring (bicyclic) bond motifs is 1. The third-order valence-corrected chi connectivity index (χ3v) is 2.89. The summed E-state index contributed by atoms with van der Waals surface area (Å²) in [5.74, 6) is 0. The van der Waals surface area contributed by atoms with Crippen molar-refractivity contribution in [3.63, 3.8) is 0 Å². The highest BCUT2D eigenvalue weighted by molar-refractivity contribution is 5.93. The van der Waals surface area contributed by atoms with Crippen LogP contribution >= 0.6 is 0 Å². The summed E-state index contributed by atoms with van der Waals surface area (Å²) in [7, 11) is 0. The number of unbranched alkanes of at least 4 members (excludes halogenated alkanes) is 1. The molecule has 0 saturated carbocycles. The lowest BCUT2D eigenvalue weighted by atomic mass is 10.1. The van der Waals surface area contributed by atoms with Crippen molar-refractivity contribution >= 4 is 16.5 Å². The van der Waals surface area contributed by atoms with Crippen molar-refractivity contribution in [3.05, 3.63) is 36.7 Å². The summed E-state index contributed by atoms with van der Waals surface area (Å²) >= 11 is 0. The second kappa shape index (κ2) is 5.64. The molecule has 1 heterocycles. The molecule has 1 aromatic heterocycles. The van der Waals surface area contributed by atoms with Gasteiger partial charge >= 0.3 is 0 Å². The van der Waals surface area contributed by atoms with Gasteiger partial charge in [0.05, 0.1) is 6.17 Å². The molecule has 2 aromatic rings. The number of rotatable bonds is 5. The van der Waals surface area contributed by atoms with Crippen LogP contribution in [0.25, 0.3) is 10.8 Å². The Kier molecular flexibility index (Phi) is 3.94. The van der Waals surface area contributed by atoms with Gasteiger partial charge in [-0.25, -0.2) is 0 Å². The molecule has 0 aliphatic heterocycles. The van der Waals surface area contributed by atoms with E-state index in [1.165, 1.54) is 11.8 Å². The van der Waals surface area contributed by atoms with Gasteiger partial charge in [-0.3, -0.25) is 4.98 Å². The maximum atomic E-state index is 6.06. The van der Waals surface area contributed by atoms with Crippen LogP contribution in [0.3, 0.4) is 0 Å². The lowest BCUT2D eigenvalue weighted by Gasteiger charge is -2.16. The Bertz CT molecular complexity index is 476. The minimum absolute atomic E-state index is 0.0220. The van der Waals surface area contributed by atoms with E-state index < -0.39 is 0 Å². The summed E-state index contributed by atoms with van der Waals surface area (Å²) in [4.78, 5) is 4.12. The number of hydrogen-bond acceptors (Lipinski definition) is 3. The van der Waals surface area contributed by atoms with Gasteiger partial charge in [0.1, 0.15) is 0 Å². The summed E-state index contributed by atoms with van der Waals surface area (Å²) in [6, 6.07) is 8.17. The molecule has 0 amide bonds. The van der Waals surface area contributed by atoms with Crippen molar-refractivity contribution in [2.75, 3.05) is 5.32 Å². The van der Waals surface area contributed by atoms with E-state index in [-0.39, 0.29) is 6.17 Å². The average molecular weight is 229 g/mol. The maximum Gasteiger partial charge on any atom is 0.0743 e. The zero-order valence-corrected chi connectivity index (χ0v) is 10.2. The number of benzene rings is 1. The van der Waals surface area contributed by atoms with Crippen LogP contribution < -0.4 is 11.1 Å². The fourth-order valence-corrected chi connectivity index (χ4v) is 1.94. The molecular weight excluding hydrogens is 210 g/mol. The molecule has 2 rings (SSSR count). The fourth-order valence-electron chi connectivity index (χ4n) is 1.94. The van der Waals surface area contributed by atoms with E-state index >= 15 is 0 Å². The summed E-state index contributed by atoms with van der Waals surface area (Å²) in [5, 5.41) is 5.68. The van der Waals surface area contributed by atoms with Crippen molar-refractivity contribution in [3.8, 4) is 0 Å². The molecule has 1 unspecified atom stereocenters. The SMILES string of the molecule is CCCCC(N)Nc1cccc2cnccc12. The normalized spacial score (nSPS) is 12.6. The zero-order chi connectivity index (χ0) is 12.1. The first-order valence-corrected chi connectivity index (χ1v) is 6.16. The molecule has 90 valence electrons. The van der Waals surface area contributed by atoms with Crippen LogP contribution in [0.1, 0.15) is 26.2 Å². The molecule has 0 aliphatic rings. The number of nitrogens with zero attached hydrogens (tertiary/aromatic N) is 1. The number of aromatic nitrogens is 1. The first kappa shape index (κ1) is 11.9. The highest BCUT2D eigenvalue weighted by atomic mass is 15.0. The molecule has 3 heteroatoms. The number of hydrogen-bond donors (Lipinski definition) is 2. The Hall–Kier alpha value is -1.61. The molecule has 0 radical (unpaired) electrons. The van der Waals surface area contributed by atoms with Crippen LogP contribution in [0, 0.1) is 0 Å². The Morgan fingerprint density at radius 1 is 1.35 bits per heavy atom. The van der Waals surface area contributed by atoms with Gasteiger partial charge in [-0.1, -0.05) is 31.9 Å². The van der Waals surface area contributed by atoms with Crippen molar-refractivity contribution in [2.45, 2.75) is 32.4 Å². The predicted octanol–water partition coefficient (Wildman–Crippen LogP) is 3.12. The number of nitrogens with two attached hydrogens (primary N) is 1. The van der Waals surface area contributed by atoms with Gasteiger partial charge in [0, 0.05) is 28.9 Å². The van der Waals surface area contributed by atoms with E-state index in [9.17, 15) is 0 Å². The summed E-state index contributed by atoms with van der Waals surface area (Å²) in [5.41, 5.74) is 7.15. The van der Waals surface area contributed by atoms with Crippen molar-refractivity contribution in [1.29, 1.82) is 0 Å². The highest BCUT2D eigenvalue weighted by Crippen LogP contribution is 2.22. The van der Waals surface area contributed by atoms with Crippen LogP contribution in [-0.4, -0.2) is 11.1 Å². The van der Waals surface area contributed by atoms with Crippen molar-refractivity contribution in [1.82, 2.24) is 4.98 Å². The molecule has 1 atom stereocenters. The van der Waals surface area contributed by atoms with Crippen LogP contribution in [0.2, 0.25) is 0 Å². The molecule has 3 N–H and O–H groups in total. The fraction of sp³-hybridized carbons (Fsp3) is 0.357. The van der Waals surface area contributed by atoms with Crippen LogP contribution in [0.4, 0.5) is 5.69 Å². The van der Waals surface area contributed by atoms with Crippen LogP contribution in [-0.2, 0) is 0 Å². The van der Waals surface area contributed by atoms with E-state index in [4.69, 9.17) is 5.73 Å². The lowest BCUT2D eigenvalue weighted by Crippen LogP contribution is -2.29. The largest absolute Gasteiger partial charge is 0.370 e. The molecule has 0 spiro atoms. The minimum atomic E-state index is 0.0220. The van der Waals surface area contributed by atoms with Gasteiger partial charge in [0.25, 0.3) is 0 Å². The molecule has 17 heavy (non-hydrogen) atoms. The first-order chi connectivity index (χ1) is 8.31. The van der Waals surface area contributed by atoms with Crippen molar-refractivity contribution < 1.29 is 0 Å². The summed E-state index contributed by atoms with van der Waals surface area (Å²) < 4.78 is 0. The van der Waals surface area contributed by atoms with Gasteiger partial charge in [0.15, 0.2) is 0 Å². The smallest absolute Gasteiger partial charge is 0.0743 e. The molecule has 1 aromatic carbocycles. The van der Waals surface area contributed by atoms with E-state index in [2.05, 4.69) is 29.4 Å². The number of nitrogens with one attached hydrogen (secondary N) is 1. The number of anilines is 1. The number of pyridine rings is 1. The highest BCUT2D eigenvalue weighted by Gasteiger charge is 2.04.